The van der Waals surface area contributed by atoms with Crippen molar-refractivity contribution in [3.05, 3.63) is 16.0 Å². The third-order valence-corrected chi connectivity index (χ3v) is 4.63. The fraction of sp³-hybridized carbons (Fsp3) is 0.692. The van der Waals surface area contributed by atoms with Gasteiger partial charge in [0.2, 0.25) is 0 Å². The van der Waals surface area contributed by atoms with Crippen LogP contribution in [-0.4, -0.2) is 17.1 Å². The third kappa shape index (κ3) is 2.83. The molecule has 1 aromatic rings. The maximum atomic E-state index is 5.89. The predicted octanol–water partition coefficient (Wildman–Crippen LogP) is 3.40. The maximum Gasteiger partial charge on any atom is 0.160 e. The number of hydrogen-bond donors (Lipinski definition) is 1. The normalized spacial score (nSPS) is 18.8. The first-order valence-electron chi connectivity index (χ1n) is 6.45. The van der Waals surface area contributed by atoms with Crippen LogP contribution in [0.1, 0.15) is 49.7 Å². The quantitative estimate of drug-likeness (QED) is 0.929. The van der Waals surface area contributed by atoms with E-state index in [1.54, 1.807) is 7.11 Å². The number of rotatable bonds is 3. The van der Waals surface area contributed by atoms with Crippen molar-refractivity contribution in [1.29, 1.82) is 0 Å². The highest BCUT2D eigenvalue weighted by Crippen LogP contribution is 2.36. The van der Waals surface area contributed by atoms with Crippen molar-refractivity contribution in [3.63, 3.8) is 0 Å². The van der Waals surface area contributed by atoms with Crippen LogP contribution in [0, 0.1) is 12.8 Å². The number of aryl methyl sites for hydroxylation is 1. The first-order chi connectivity index (χ1) is 8.63. The highest BCUT2D eigenvalue weighted by molar-refractivity contribution is 9.10. The van der Waals surface area contributed by atoms with Crippen LogP contribution in [0.25, 0.3) is 0 Å². The molecule has 0 radical (unpaired) electrons. The number of aromatic nitrogens is 2. The number of ether oxygens (including phenoxy) is 1. The first-order valence-corrected chi connectivity index (χ1v) is 7.25. The standard InChI is InChI=1S/C13H20BrN3O/c1-8-10(14)12(15)17-13(16-8)11(18-2)9-6-4-3-5-7-9/h9,11H,3-7H2,1-2H3,(H2,15,16,17). The second-order valence-electron chi connectivity index (χ2n) is 4.92. The Balaban J connectivity index is 2.26. The summed E-state index contributed by atoms with van der Waals surface area (Å²) < 4.78 is 6.41. The van der Waals surface area contributed by atoms with E-state index in [2.05, 4.69) is 25.9 Å². The van der Waals surface area contributed by atoms with E-state index >= 15 is 0 Å². The van der Waals surface area contributed by atoms with Crippen LogP contribution >= 0.6 is 15.9 Å². The molecule has 18 heavy (non-hydrogen) atoms. The Morgan fingerprint density at radius 2 is 1.94 bits per heavy atom. The first kappa shape index (κ1) is 13.7. The Bertz CT molecular complexity index is 396. The molecule has 1 fully saturated rings. The summed E-state index contributed by atoms with van der Waals surface area (Å²) in [5.74, 6) is 1.74. The number of anilines is 1. The lowest BCUT2D eigenvalue weighted by atomic mass is 9.85. The van der Waals surface area contributed by atoms with Crippen molar-refractivity contribution in [2.24, 2.45) is 5.92 Å². The minimum atomic E-state index is -0.0283. The van der Waals surface area contributed by atoms with E-state index < -0.39 is 0 Å². The van der Waals surface area contributed by atoms with Crippen molar-refractivity contribution in [2.45, 2.75) is 45.1 Å². The fourth-order valence-corrected chi connectivity index (χ4v) is 2.85. The molecule has 1 heterocycles. The van der Waals surface area contributed by atoms with Gasteiger partial charge in [0, 0.05) is 7.11 Å². The lowest BCUT2D eigenvalue weighted by Crippen LogP contribution is -2.21. The lowest BCUT2D eigenvalue weighted by molar-refractivity contribution is 0.0289. The van der Waals surface area contributed by atoms with E-state index in [-0.39, 0.29) is 6.10 Å². The zero-order valence-corrected chi connectivity index (χ0v) is 12.5. The van der Waals surface area contributed by atoms with Gasteiger partial charge < -0.3 is 10.5 Å². The van der Waals surface area contributed by atoms with Crippen LogP contribution in [0.15, 0.2) is 4.47 Å². The van der Waals surface area contributed by atoms with E-state index in [0.29, 0.717) is 11.7 Å². The lowest BCUT2D eigenvalue weighted by Gasteiger charge is -2.28. The molecule has 2 rings (SSSR count). The van der Waals surface area contributed by atoms with Crippen molar-refractivity contribution in [1.82, 2.24) is 9.97 Å². The molecule has 1 aliphatic rings. The van der Waals surface area contributed by atoms with Gasteiger partial charge >= 0.3 is 0 Å². The molecular weight excluding hydrogens is 294 g/mol. The van der Waals surface area contributed by atoms with Crippen LogP contribution in [0.5, 0.6) is 0 Å². The molecule has 5 heteroatoms. The molecule has 0 spiro atoms. The number of methoxy groups -OCH3 is 1. The Morgan fingerprint density at radius 3 is 2.50 bits per heavy atom. The average Bonchev–Trinajstić information content (AvgIpc) is 2.38. The zero-order valence-electron chi connectivity index (χ0n) is 10.9. The highest BCUT2D eigenvalue weighted by atomic mass is 79.9. The molecule has 1 unspecified atom stereocenters. The van der Waals surface area contributed by atoms with E-state index in [1.165, 1.54) is 32.1 Å². The fourth-order valence-electron chi connectivity index (χ4n) is 2.68. The summed E-state index contributed by atoms with van der Waals surface area (Å²) in [5.41, 5.74) is 6.76. The molecule has 0 aliphatic heterocycles. The zero-order chi connectivity index (χ0) is 13.1. The molecule has 1 aliphatic carbocycles. The number of nitrogens with two attached hydrogens (primary N) is 1. The summed E-state index contributed by atoms with van der Waals surface area (Å²) in [6.45, 7) is 1.93. The van der Waals surface area contributed by atoms with Crippen LogP contribution in [-0.2, 0) is 4.74 Å². The minimum absolute atomic E-state index is 0.0283. The van der Waals surface area contributed by atoms with Gasteiger partial charge in [-0.2, -0.15) is 0 Å². The molecule has 1 aromatic heterocycles. The van der Waals surface area contributed by atoms with Crippen molar-refractivity contribution >= 4 is 21.7 Å². The third-order valence-electron chi connectivity index (χ3n) is 3.65. The molecule has 1 atom stereocenters. The van der Waals surface area contributed by atoms with Crippen LogP contribution in [0.2, 0.25) is 0 Å². The van der Waals surface area contributed by atoms with Crippen molar-refractivity contribution < 1.29 is 4.74 Å². The molecule has 0 saturated heterocycles. The molecule has 0 bridgehead atoms. The van der Waals surface area contributed by atoms with Crippen LogP contribution in [0.3, 0.4) is 0 Å². The van der Waals surface area contributed by atoms with Gasteiger partial charge in [-0.1, -0.05) is 19.3 Å². The van der Waals surface area contributed by atoms with Crippen molar-refractivity contribution in [3.8, 4) is 0 Å². The van der Waals surface area contributed by atoms with Gasteiger partial charge in [0.05, 0.1) is 10.2 Å². The second-order valence-corrected chi connectivity index (χ2v) is 5.71. The SMILES string of the molecule is COC(c1nc(C)c(Br)c(N)n1)C1CCCCC1. The molecule has 1 saturated carbocycles. The summed E-state index contributed by atoms with van der Waals surface area (Å²) in [6, 6.07) is 0. The Kier molecular flexibility index (Phi) is 4.56. The summed E-state index contributed by atoms with van der Waals surface area (Å²) >= 11 is 3.39. The van der Waals surface area contributed by atoms with Gasteiger partial charge in [-0.3, -0.25) is 0 Å². The highest BCUT2D eigenvalue weighted by Gasteiger charge is 2.27. The Hall–Kier alpha value is -0.680. The number of nitrogens with zero attached hydrogens (tertiary/aromatic N) is 2. The van der Waals surface area contributed by atoms with Gasteiger partial charge in [-0.25, -0.2) is 9.97 Å². The average molecular weight is 314 g/mol. The summed E-state index contributed by atoms with van der Waals surface area (Å²) in [4.78, 5) is 8.89. The van der Waals surface area contributed by atoms with Gasteiger partial charge in [-0.05, 0) is 41.6 Å². The van der Waals surface area contributed by atoms with E-state index in [4.69, 9.17) is 10.5 Å². The molecular formula is C13H20BrN3O. The number of hydrogen-bond acceptors (Lipinski definition) is 4. The minimum Gasteiger partial charge on any atom is -0.383 e. The second kappa shape index (κ2) is 5.97. The Labute approximate surface area is 116 Å². The molecule has 100 valence electrons. The predicted molar refractivity (Wildman–Crippen MR) is 75.2 cm³/mol. The van der Waals surface area contributed by atoms with Gasteiger partial charge in [-0.15, -0.1) is 0 Å². The van der Waals surface area contributed by atoms with Gasteiger partial charge in [0.25, 0.3) is 0 Å². The van der Waals surface area contributed by atoms with Crippen molar-refractivity contribution in [2.75, 3.05) is 12.8 Å². The Morgan fingerprint density at radius 1 is 1.28 bits per heavy atom. The monoisotopic (exact) mass is 313 g/mol. The maximum absolute atomic E-state index is 5.89. The van der Waals surface area contributed by atoms with Crippen LogP contribution < -0.4 is 5.73 Å². The van der Waals surface area contributed by atoms with Gasteiger partial charge in [0.1, 0.15) is 11.9 Å². The summed E-state index contributed by atoms with van der Waals surface area (Å²) in [7, 11) is 1.73. The molecule has 2 N–H and O–H groups in total. The largest absolute Gasteiger partial charge is 0.383 e. The van der Waals surface area contributed by atoms with E-state index in [1.807, 2.05) is 6.92 Å². The number of halogens is 1. The summed E-state index contributed by atoms with van der Waals surface area (Å²) in [6.07, 6.45) is 6.23. The molecule has 0 aromatic carbocycles. The van der Waals surface area contributed by atoms with E-state index in [0.717, 1.165) is 16.0 Å². The number of nitrogen functional groups attached to an aromatic ring is 1. The van der Waals surface area contributed by atoms with Crippen LogP contribution in [0.4, 0.5) is 5.82 Å². The topological polar surface area (TPSA) is 61.0 Å². The molecule has 0 amide bonds. The van der Waals surface area contributed by atoms with Gasteiger partial charge in [0.15, 0.2) is 5.82 Å². The molecule has 4 nitrogen and oxygen atoms in total. The smallest absolute Gasteiger partial charge is 0.160 e. The summed E-state index contributed by atoms with van der Waals surface area (Å²) in [5, 5.41) is 0. The van der Waals surface area contributed by atoms with E-state index in [9.17, 15) is 0 Å².